The van der Waals surface area contributed by atoms with E-state index in [1.807, 2.05) is 0 Å². The molecule has 0 fully saturated rings. The molecule has 0 aliphatic heterocycles. The highest BCUT2D eigenvalue weighted by atomic mass is 32.2. The number of nitrogens with one attached hydrogen (secondary N) is 1. The molecule has 1 amide bonds. The van der Waals surface area contributed by atoms with Crippen LogP contribution >= 0.6 is 0 Å². The third-order valence-electron chi connectivity index (χ3n) is 2.36. The zero-order chi connectivity index (χ0) is 16.2. The van der Waals surface area contributed by atoms with E-state index in [4.69, 9.17) is 10.8 Å². The minimum atomic E-state index is -4.25. The van der Waals surface area contributed by atoms with Gasteiger partial charge in [0, 0.05) is 12.1 Å². The number of hydrogen-bond acceptors (Lipinski definition) is 6. The van der Waals surface area contributed by atoms with Gasteiger partial charge in [-0.3, -0.25) is 19.7 Å². The third-order valence-corrected chi connectivity index (χ3v) is 3.85. The lowest BCUT2D eigenvalue weighted by atomic mass is 10.2. The van der Waals surface area contributed by atoms with E-state index in [9.17, 15) is 28.1 Å². The van der Waals surface area contributed by atoms with Gasteiger partial charge in [0.25, 0.3) is 5.69 Å². The number of primary amides is 1. The van der Waals surface area contributed by atoms with Crippen molar-refractivity contribution in [3.8, 4) is 0 Å². The van der Waals surface area contributed by atoms with E-state index >= 15 is 0 Å². The molecule has 0 aromatic heterocycles. The number of hydrogen-bond donors (Lipinski definition) is 3. The smallest absolute Gasteiger partial charge is 0.322 e. The monoisotopic (exact) mass is 317 g/mol. The number of aliphatic carboxylic acids is 1. The first kappa shape index (κ1) is 16.5. The summed E-state index contributed by atoms with van der Waals surface area (Å²) >= 11 is 0. The van der Waals surface area contributed by atoms with E-state index in [2.05, 4.69) is 0 Å². The second-order valence-corrected chi connectivity index (χ2v) is 5.65. The minimum Gasteiger partial charge on any atom is -0.480 e. The highest BCUT2D eigenvalue weighted by Crippen LogP contribution is 2.16. The van der Waals surface area contributed by atoms with E-state index < -0.39 is 39.3 Å². The fourth-order valence-corrected chi connectivity index (χ4v) is 2.57. The van der Waals surface area contributed by atoms with Gasteiger partial charge in [-0.25, -0.2) is 8.42 Å². The number of carbonyl (C=O) groups is 2. The first-order chi connectivity index (χ1) is 9.63. The van der Waals surface area contributed by atoms with Crippen LogP contribution in [0, 0.1) is 10.1 Å². The summed E-state index contributed by atoms with van der Waals surface area (Å²) in [6.45, 7) is 0. The topological polar surface area (TPSA) is 170 Å². The Balaban J connectivity index is 3.01. The Kier molecular flexibility index (Phi) is 4.94. The molecule has 0 bridgehead atoms. The molecule has 0 aliphatic carbocycles. The number of non-ortho nitro benzene ring substituents is 1. The van der Waals surface area contributed by atoms with Crippen LogP contribution in [-0.2, 0) is 19.6 Å². The van der Waals surface area contributed by atoms with Crippen molar-refractivity contribution in [2.75, 3.05) is 0 Å². The number of carbonyl (C=O) groups excluding carboxylic acids is 1. The molecular formula is C10H11N3O7S. The highest BCUT2D eigenvalue weighted by Gasteiger charge is 2.27. The molecule has 1 aromatic carbocycles. The average molecular weight is 317 g/mol. The van der Waals surface area contributed by atoms with Gasteiger partial charge in [-0.05, 0) is 12.1 Å². The summed E-state index contributed by atoms with van der Waals surface area (Å²) < 4.78 is 25.6. The van der Waals surface area contributed by atoms with Crippen LogP contribution in [0.5, 0.6) is 0 Å². The zero-order valence-electron chi connectivity index (χ0n) is 10.4. The fourth-order valence-electron chi connectivity index (χ4n) is 1.38. The maximum Gasteiger partial charge on any atom is 0.322 e. The van der Waals surface area contributed by atoms with Crippen LogP contribution in [0.1, 0.15) is 6.42 Å². The van der Waals surface area contributed by atoms with Gasteiger partial charge in [0.05, 0.1) is 16.2 Å². The number of benzene rings is 1. The molecule has 0 saturated carbocycles. The first-order valence-corrected chi connectivity index (χ1v) is 6.89. The van der Waals surface area contributed by atoms with E-state index in [0.29, 0.717) is 0 Å². The van der Waals surface area contributed by atoms with Crippen LogP contribution in [-0.4, -0.2) is 36.4 Å². The number of carboxylic acids is 1. The number of amides is 1. The SMILES string of the molecule is NC(=O)C[C@@H](NS(=O)(=O)c1ccc([N+](=O)[O-])cc1)C(=O)O. The van der Waals surface area contributed by atoms with Crippen molar-refractivity contribution in [2.45, 2.75) is 17.4 Å². The van der Waals surface area contributed by atoms with Crippen LogP contribution in [0.25, 0.3) is 0 Å². The number of carboxylic acid groups (broad SMARTS) is 1. The van der Waals surface area contributed by atoms with Crippen molar-refractivity contribution in [1.82, 2.24) is 4.72 Å². The molecule has 0 heterocycles. The third kappa shape index (κ3) is 4.50. The number of rotatable bonds is 7. The fraction of sp³-hybridized carbons (Fsp3) is 0.200. The van der Waals surface area contributed by atoms with E-state index in [1.165, 1.54) is 0 Å². The molecule has 0 spiro atoms. The number of sulfonamides is 1. The van der Waals surface area contributed by atoms with Crippen molar-refractivity contribution in [1.29, 1.82) is 0 Å². The molecule has 0 unspecified atom stereocenters. The van der Waals surface area contributed by atoms with E-state index in [0.717, 1.165) is 24.3 Å². The van der Waals surface area contributed by atoms with Gasteiger partial charge >= 0.3 is 5.97 Å². The summed E-state index contributed by atoms with van der Waals surface area (Å²) in [6, 6.07) is 2.09. The van der Waals surface area contributed by atoms with Gasteiger partial charge in [-0.2, -0.15) is 4.72 Å². The van der Waals surface area contributed by atoms with Crippen molar-refractivity contribution < 1.29 is 28.0 Å². The molecule has 0 aliphatic rings. The second kappa shape index (κ2) is 6.28. The van der Waals surface area contributed by atoms with Crippen molar-refractivity contribution >= 4 is 27.6 Å². The normalized spacial score (nSPS) is 12.6. The number of nitrogens with two attached hydrogens (primary N) is 1. The Labute approximate surface area is 118 Å². The van der Waals surface area contributed by atoms with Gasteiger partial charge in [-0.1, -0.05) is 0 Å². The van der Waals surface area contributed by atoms with Crippen LogP contribution in [0.15, 0.2) is 29.2 Å². The Bertz CT molecular complexity index is 668. The summed E-state index contributed by atoms with van der Waals surface area (Å²) in [5.41, 5.74) is 4.51. The quantitative estimate of drug-likeness (QED) is 0.436. The molecule has 1 atom stereocenters. The summed E-state index contributed by atoms with van der Waals surface area (Å²) in [7, 11) is -4.25. The lowest BCUT2D eigenvalue weighted by molar-refractivity contribution is -0.384. The molecule has 1 rings (SSSR count). The first-order valence-electron chi connectivity index (χ1n) is 5.41. The number of nitro groups is 1. The molecule has 10 nitrogen and oxygen atoms in total. The Morgan fingerprint density at radius 1 is 1.33 bits per heavy atom. The van der Waals surface area contributed by atoms with Gasteiger partial charge in [0.2, 0.25) is 15.9 Å². The van der Waals surface area contributed by atoms with E-state index in [1.54, 1.807) is 4.72 Å². The molecule has 11 heteroatoms. The standard InChI is InChI=1S/C10H11N3O7S/c11-9(14)5-8(10(15)16)12-21(19,20)7-3-1-6(2-4-7)13(17)18/h1-4,8,12H,5H2,(H2,11,14)(H,15,16)/t8-/m1/s1. The molecule has 114 valence electrons. The predicted molar refractivity (Wildman–Crippen MR) is 68.7 cm³/mol. The highest BCUT2D eigenvalue weighted by molar-refractivity contribution is 7.89. The Morgan fingerprint density at radius 2 is 1.86 bits per heavy atom. The maximum atomic E-state index is 11.9. The minimum absolute atomic E-state index is 0.319. The van der Waals surface area contributed by atoms with Gasteiger partial charge in [0.1, 0.15) is 6.04 Å². The maximum absolute atomic E-state index is 11.9. The second-order valence-electron chi connectivity index (χ2n) is 3.93. The van der Waals surface area contributed by atoms with Crippen molar-refractivity contribution in [2.24, 2.45) is 5.73 Å². The molecular weight excluding hydrogens is 306 g/mol. The van der Waals surface area contributed by atoms with Crippen LogP contribution in [0.3, 0.4) is 0 Å². The average Bonchev–Trinajstić information content (AvgIpc) is 2.37. The summed E-state index contributed by atoms with van der Waals surface area (Å²) in [5, 5.41) is 19.3. The van der Waals surface area contributed by atoms with Crippen molar-refractivity contribution in [3.05, 3.63) is 34.4 Å². The van der Waals surface area contributed by atoms with Gasteiger partial charge in [-0.15, -0.1) is 0 Å². The molecule has 21 heavy (non-hydrogen) atoms. The number of nitrogens with zero attached hydrogens (tertiary/aromatic N) is 1. The Morgan fingerprint density at radius 3 is 2.24 bits per heavy atom. The number of nitro benzene ring substituents is 1. The molecule has 4 N–H and O–H groups in total. The summed E-state index contributed by atoms with van der Waals surface area (Å²) in [5.74, 6) is -2.56. The zero-order valence-corrected chi connectivity index (χ0v) is 11.2. The van der Waals surface area contributed by atoms with Gasteiger partial charge in [0.15, 0.2) is 0 Å². The van der Waals surface area contributed by atoms with E-state index in [-0.39, 0.29) is 10.6 Å². The molecule has 0 radical (unpaired) electrons. The van der Waals surface area contributed by atoms with Gasteiger partial charge < -0.3 is 10.8 Å². The summed E-state index contributed by atoms with van der Waals surface area (Å²) in [6.07, 6.45) is -0.721. The largest absolute Gasteiger partial charge is 0.480 e. The van der Waals surface area contributed by atoms with Crippen LogP contribution in [0.2, 0.25) is 0 Å². The van der Waals surface area contributed by atoms with Crippen LogP contribution in [0.4, 0.5) is 5.69 Å². The lowest BCUT2D eigenvalue weighted by Gasteiger charge is -2.13. The lowest BCUT2D eigenvalue weighted by Crippen LogP contribution is -2.43. The molecule has 0 saturated heterocycles. The van der Waals surface area contributed by atoms with Crippen LogP contribution < -0.4 is 10.5 Å². The Hall–Kier alpha value is -2.53. The predicted octanol–water partition coefficient (Wildman–Crippen LogP) is -0.798. The summed E-state index contributed by atoms with van der Waals surface area (Å²) in [4.78, 5) is 30.9. The molecule has 1 aromatic rings. The van der Waals surface area contributed by atoms with Crippen molar-refractivity contribution in [3.63, 3.8) is 0 Å².